The molecular formula is C21H23FN2O3S3. The Morgan fingerprint density at radius 1 is 1.20 bits per heavy atom. The van der Waals surface area contributed by atoms with E-state index in [1.54, 1.807) is 11.8 Å². The van der Waals surface area contributed by atoms with Gasteiger partial charge in [-0.15, -0.1) is 11.8 Å². The Bertz CT molecular complexity index is 1210. The average molecular weight is 467 g/mol. The van der Waals surface area contributed by atoms with Crippen LogP contribution in [0.1, 0.15) is 26.2 Å². The van der Waals surface area contributed by atoms with Gasteiger partial charge in [-0.05, 0) is 61.6 Å². The molecule has 0 atom stereocenters. The number of fused-ring (bicyclic) bond motifs is 1. The van der Waals surface area contributed by atoms with Crippen LogP contribution in [0.3, 0.4) is 0 Å². The van der Waals surface area contributed by atoms with Gasteiger partial charge in [0.1, 0.15) is 5.82 Å². The highest BCUT2D eigenvalue weighted by atomic mass is 32.2. The molecule has 0 fully saturated rings. The largest absolute Gasteiger partial charge is 0.316 e. The van der Waals surface area contributed by atoms with E-state index in [1.807, 2.05) is 16.9 Å². The summed E-state index contributed by atoms with van der Waals surface area (Å²) >= 11 is 3.13. The molecule has 3 rings (SSSR count). The summed E-state index contributed by atoms with van der Waals surface area (Å²) in [6.45, 7) is 2.82. The van der Waals surface area contributed by atoms with Gasteiger partial charge in [-0.3, -0.25) is 4.79 Å². The van der Waals surface area contributed by atoms with E-state index in [1.165, 1.54) is 23.5 Å². The number of carbonyl (C=O) groups is 1. The molecule has 1 amide bonds. The lowest BCUT2D eigenvalue weighted by Gasteiger charge is -2.04. The molecule has 0 N–H and O–H groups in total. The Hall–Kier alpha value is -1.97. The SMILES string of the molecule is CCCn1c(=NC(=O)CCCS(=O)(=O)c2ccc(F)cc2)sc2cc(SC)ccc21. The van der Waals surface area contributed by atoms with Crippen LogP contribution in [0.2, 0.25) is 0 Å². The molecule has 0 bridgehead atoms. The standard InChI is InChI=1S/C21H23FN2O3S3/c1-3-12-24-18-11-8-16(28-2)14-19(18)29-21(24)23-20(25)5-4-13-30(26,27)17-9-6-15(22)7-10-17/h6-11,14H,3-5,12-13H2,1-2H3. The summed E-state index contributed by atoms with van der Waals surface area (Å²) in [4.78, 5) is 18.5. The van der Waals surface area contributed by atoms with Crippen LogP contribution in [0.4, 0.5) is 4.39 Å². The highest BCUT2D eigenvalue weighted by Crippen LogP contribution is 2.24. The van der Waals surface area contributed by atoms with E-state index in [0.29, 0.717) is 4.80 Å². The monoisotopic (exact) mass is 466 g/mol. The van der Waals surface area contributed by atoms with Gasteiger partial charge < -0.3 is 4.57 Å². The van der Waals surface area contributed by atoms with Crippen LogP contribution in [-0.4, -0.2) is 30.9 Å². The summed E-state index contributed by atoms with van der Waals surface area (Å²) in [6.07, 6.45) is 3.13. The minimum Gasteiger partial charge on any atom is -0.316 e. The van der Waals surface area contributed by atoms with Crippen LogP contribution >= 0.6 is 23.1 Å². The third kappa shape index (κ3) is 5.39. The van der Waals surface area contributed by atoms with E-state index < -0.39 is 15.7 Å². The molecule has 3 aromatic rings. The summed E-state index contributed by atoms with van der Waals surface area (Å²) in [5.41, 5.74) is 1.05. The Morgan fingerprint density at radius 2 is 1.93 bits per heavy atom. The van der Waals surface area contributed by atoms with Crippen molar-refractivity contribution in [3.8, 4) is 0 Å². The normalized spacial score (nSPS) is 12.6. The highest BCUT2D eigenvalue weighted by molar-refractivity contribution is 7.98. The lowest BCUT2D eigenvalue weighted by atomic mass is 10.3. The summed E-state index contributed by atoms with van der Waals surface area (Å²) in [5.74, 6) is -1.01. The smallest absolute Gasteiger partial charge is 0.248 e. The summed E-state index contributed by atoms with van der Waals surface area (Å²) in [7, 11) is -3.56. The van der Waals surface area contributed by atoms with Crippen molar-refractivity contribution in [3.63, 3.8) is 0 Å². The van der Waals surface area contributed by atoms with Gasteiger partial charge in [0.25, 0.3) is 0 Å². The number of nitrogens with zero attached hydrogens (tertiary/aromatic N) is 2. The molecule has 0 radical (unpaired) electrons. The number of aromatic nitrogens is 1. The summed E-state index contributed by atoms with van der Waals surface area (Å²) in [5, 5.41) is 0. The Balaban J connectivity index is 1.75. The fourth-order valence-corrected chi connectivity index (χ4v) is 5.98. The van der Waals surface area contributed by atoms with Crippen LogP contribution < -0.4 is 4.80 Å². The van der Waals surface area contributed by atoms with Crippen molar-refractivity contribution in [2.24, 2.45) is 4.99 Å². The average Bonchev–Trinajstić information content (AvgIpc) is 3.04. The molecule has 1 heterocycles. The van der Waals surface area contributed by atoms with Crippen LogP contribution in [0.25, 0.3) is 10.2 Å². The molecule has 2 aromatic carbocycles. The van der Waals surface area contributed by atoms with E-state index in [0.717, 1.165) is 40.2 Å². The van der Waals surface area contributed by atoms with Crippen molar-refractivity contribution in [2.45, 2.75) is 42.5 Å². The van der Waals surface area contributed by atoms with Gasteiger partial charge >= 0.3 is 0 Å². The number of thioether (sulfide) groups is 1. The van der Waals surface area contributed by atoms with Crippen LogP contribution in [0, 0.1) is 5.82 Å². The van der Waals surface area contributed by atoms with Gasteiger partial charge in [-0.1, -0.05) is 18.3 Å². The molecule has 30 heavy (non-hydrogen) atoms. The Labute approximate surface area is 183 Å². The maximum Gasteiger partial charge on any atom is 0.248 e. The van der Waals surface area contributed by atoms with Crippen molar-refractivity contribution in [2.75, 3.05) is 12.0 Å². The van der Waals surface area contributed by atoms with Crippen molar-refractivity contribution in [1.82, 2.24) is 4.57 Å². The van der Waals surface area contributed by atoms with E-state index in [2.05, 4.69) is 24.0 Å². The fraction of sp³-hybridized carbons (Fsp3) is 0.333. The van der Waals surface area contributed by atoms with Gasteiger partial charge in [0, 0.05) is 17.9 Å². The second-order valence-electron chi connectivity index (χ2n) is 6.75. The third-order valence-corrected chi connectivity index (χ3v) is 8.12. The fourth-order valence-electron chi connectivity index (χ4n) is 3.04. The number of hydrogen-bond donors (Lipinski definition) is 0. The van der Waals surface area contributed by atoms with Gasteiger partial charge in [0.15, 0.2) is 14.6 Å². The predicted octanol–water partition coefficient (Wildman–Crippen LogP) is 4.66. The van der Waals surface area contributed by atoms with Crippen LogP contribution in [-0.2, 0) is 21.2 Å². The van der Waals surface area contributed by atoms with Gasteiger partial charge in [-0.25, -0.2) is 12.8 Å². The predicted molar refractivity (Wildman–Crippen MR) is 120 cm³/mol. The Kier molecular flexibility index (Phi) is 7.49. The molecule has 1 aromatic heterocycles. The molecule has 0 aliphatic carbocycles. The highest BCUT2D eigenvalue weighted by Gasteiger charge is 2.15. The lowest BCUT2D eigenvalue weighted by molar-refractivity contribution is -0.118. The molecule has 0 spiro atoms. The molecule has 0 saturated heterocycles. The molecule has 160 valence electrons. The zero-order valence-corrected chi connectivity index (χ0v) is 19.2. The van der Waals surface area contributed by atoms with E-state index >= 15 is 0 Å². The minimum atomic E-state index is -3.56. The number of rotatable bonds is 8. The van der Waals surface area contributed by atoms with Gasteiger partial charge in [0.05, 0.1) is 20.9 Å². The maximum absolute atomic E-state index is 13.0. The number of amides is 1. The maximum atomic E-state index is 13.0. The number of thiazole rings is 1. The molecule has 0 saturated carbocycles. The van der Waals surface area contributed by atoms with Crippen LogP contribution in [0.15, 0.2) is 57.2 Å². The quantitative estimate of drug-likeness (QED) is 0.358. The minimum absolute atomic E-state index is 0.0385. The number of carbonyl (C=O) groups excluding carboxylic acids is 1. The second kappa shape index (κ2) is 9.89. The third-order valence-electron chi connectivity index (χ3n) is 4.53. The molecule has 0 aliphatic heterocycles. The topological polar surface area (TPSA) is 68.5 Å². The number of halogens is 1. The zero-order valence-electron chi connectivity index (χ0n) is 16.8. The first-order valence-corrected chi connectivity index (χ1v) is 13.3. The van der Waals surface area contributed by atoms with Gasteiger partial charge in [0.2, 0.25) is 5.91 Å². The first-order valence-electron chi connectivity index (χ1n) is 9.57. The van der Waals surface area contributed by atoms with Crippen molar-refractivity contribution in [1.29, 1.82) is 0 Å². The van der Waals surface area contributed by atoms with Crippen molar-refractivity contribution >= 4 is 49.1 Å². The van der Waals surface area contributed by atoms with E-state index in [9.17, 15) is 17.6 Å². The lowest BCUT2D eigenvalue weighted by Crippen LogP contribution is -2.17. The summed E-state index contributed by atoms with van der Waals surface area (Å²) in [6, 6.07) is 10.9. The zero-order chi connectivity index (χ0) is 21.7. The number of aryl methyl sites for hydroxylation is 1. The van der Waals surface area contributed by atoms with E-state index in [-0.39, 0.29) is 29.4 Å². The van der Waals surface area contributed by atoms with Gasteiger partial charge in [-0.2, -0.15) is 4.99 Å². The number of benzene rings is 2. The molecule has 5 nitrogen and oxygen atoms in total. The molecule has 0 aliphatic rings. The first-order chi connectivity index (χ1) is 14.3. The number of sulfone groups is 1. The number of hydrogen-bond acceptors (Lipinski definition) is 5. The molecule has 0 unspecified atom stereocenters. The first kappa shape index (κ1) is 22.7. The van der Waals surface area contributed by atoms with E-state index in [4.69, 9.17) is 0 Å². The second-order valence-corrected chi connectivity index (χ2v) is 10.7. The Morgan fingerprint density at radius 3 is 2.60 bits per heavy atom. The summed E-state index contributed by atoms with van der Waals surface area (Å²) < 4.78 is 40.8. The van der Waals surface area contributed by atoms with Crippen molar-refractivity contribution < 1.29 is 17.6 Å². The molecular weight excluding hydrogens is 443 g/mol. The van der Waals surface area contributed by atoms with Crippen molar-refractivity contribution in [3.05, 3.63) is 53.1 Å². The van der Waals surface area contributed by atoms with Crippen LogP contribution in [0.5, 0.6) is 0 Å². The molecule has 9 heteroatoms.